The average Bonchev–Trinajstić information content (AvgIpc) is 2.14. The van der Waals surface area contributed by atoms with Crippen molar-refractivity contribution in [3.05, 3.63) is 11.6 Å². The van der Waals surface area contributed by atoms with E-state index in [2.05, 4.69) is 52.9 Å². The quantitative estimate of drug-likeness (QED) is 0.639. The lowest BCUT2D eigenvalue weighted by atomic mass is 9.84. The van der Waals surface area contributed by atoms with Gasteiger partial charge < -0.3 is 5.32 Å². The molecule has 0 spiro atoms. The Morgan fingerprint density at radius 3 is 2.36 bits per heavy atom. The molecule has 0 heterocycles. The molecule has 0 aliphatic carbocycles. The highest BCUT2D eigenvalue weighted by molar-refractivity contribution is 5.09. The van der Waals surface area contributed by atoms with Crippen molar-refractivity contribution in [3.8, 4) is 0 Å². The molecule has 1 N–H and O–H groups in total. The number of allylic oxidation sites excluding steroid dienone is 1. The molecule has 14 heavy (non-hydrogen) atoms. The lowest BCUT2D eigenvalue weighted by Gasteiger charge is -2.28. The zero-order chi connectivity index (χ0) is 11.2. The van der Waals surface area contributed by atoms with E-state index in [9.17, 15) is 0 Å². The van der Waals surface area contributed by atoms with Crippen LogP contribution in [-0.2, 0) is 0 Å². The van der Waals surface area contributed by atoms with Gasteiger partial charge in [0.05, 0.1) is 0 Å². The number of nitrogens with one attached hydrogen (secondary N) is 1. The van der Waals surface area contributed by atoms with Gasteiger partial charge in [0, 0.05) is 12.6 Å². The molecule has 0 aromatic rings. The minimum absolute atomic E-state index is 0.291. The van der Waals surface area contributed by atoms with Gasteiger partial charge in [-0.2, -0.15) is 0 Å². The fourth-order valence-corrected chi connectivity index (χ4v) is 1.30. The van der Waals surface area contributed by atoms with Crippen LogP contribution in [0.3, 0.4) is 0 Å². The van der Waals surface area contributed by atoms with Gasteiger partial charge in [-0.25, -0.2) is 0 Å². The minimum Gasteiger partial charge on any atom is -0.313 e. The maximum absolute atomic E-state index is 3.57. The van der Waals surface area contributed by atoms with Crippen LogP contribution in [0, 0.1) is 5.41 Å². The normalized spacial score (nSPS) is 15.7. The van der Waals surface area contributed by atoms with Gasteiger partial charge in [0.1, 0.15) is 0 Å². The molecule has 0 aromatic carbocycles. The van der Waals surface area contributed by atoms with E-state index >= 15 is 0 Å². The van der Waals surface area contributed by atoms with Crippen LogP contribution in [0.2, 0.25) is 0 Å². The maximum Gasteiger partial charge on any atom is 0.00422 e. The van der Waals surface area contributed by atoms with Gasteiger partial charge in [-0.05, 0) is 32.1 Å². The fourth-order valence-electron chi connectivity index (χ4n) is 1.30. The molecule has 0 aromatic heterocycles. The Morgan fingerprint density at radius 2 is 1.93 bits per heavy atom. The van der Waals surface area contributed by atoms with Crippen LogP contribution >= 0.6 is 0 Å². The molecule has 1 nitrogen and oxygen atoms in total. The van der Waals surface area contributed by atoms with Gasteiger partial charge in [-0.15, -0.1) is 0 Å². The van der Waals surface area contributed by atoms with Crippen molar-refractivity contribution in [1.82, 2.24) is 5.32 Å². The van der Waals surface area contributed by atoms with Gasteiger partial charge in [0.2, 0.25) is 0 Å². The van der Waals surface area contributed by atoms with Crippen molar-refractivity contribution in [1.29, 1.82) is 0 Å². The Kier molecular flexibility index (Phi) is 6.10. The summed E-state index contributed by atoms with van der Waals surface area (Å²) < 4.78 is 0. The van der Waals surface area contributed by atoms with Gasteiger partial charge in [-0.3, -0.25) is 0 Å². The second kappa shape index (κ2) is 6.23. The molecule has 84 valence electrons. The van der Waals surface area contributed by atoms with E-state index in [1.165, 1.54) is 12.0 Å². The molecule has 0 bridgehead atoms. The summed E-state index contributed by atoms with van der Waals surface area (Å²) >= 11 is 0. The molecular formula is C13H27N. The molecule has 0 amide bonds. The summed E-state index contributed by atoms with van der Waals surface area (Å²) in [7, 11) is 0. The zero-order valence-electron chi connectivity index (χ0n) is 10.8. The predicted molar refractivity (Wildman–Crippen MR) is 65.6 cm³/mol. The third-order valence-corrected chi connectivity index (χ3v) is 3.08. The molecule has 1 heteroatoms. The monoisotopic (exact) mass is 197 g/mol. The first-order valence-corrected chi connectivity index (χ1v) is 5.84. The van der Waals surface area contributed by atoms with E-state index in [1.807, 2.05) is 0 Å². The maximum atomic E-state index is 3.57. The molecule has 0 aliphatic rings. The summed E-state index contributed by atoms with van der Waals surface area (Å²) in [5.74, 6) is 0. The smallest absolute Gasteiger partial charge is 0.00422 e. The Hall–Kier alpha value is -0.300. The molecule has 0 saturated heterocycles. The van der Waals surface area contributed by atoms with Gasteiger partial charge >= 0.3 is 0 Å². The summed E-state index contributed by atoms with van der Waals surface area (Å²) in [5.41, 5.74) is 1.79. The summed E-state index contributed by atoms with van der Waals surface area (Å²) in [5, 5.41) is 3.57. The SMILES string of the molecule is CC/C=C(\C)C(C)(C)CNC(C)CC. The van der Waals surface area contributed by atoms with Crippen molar-refractivity contribution in [2.75, 3.05) is 6.54 Å². The first-order valence-electron chi connectivity index (χ1n) is 5.84. The van der Waals surface area contributed by atoms with Crippen molar-refractivity contribution in [2.24, 2.45) is 5.41 Å². The third-order valence-electron chi connectivity index (χ3n) is 3.08. The van der Waals surface area contributed by atoms with Crippen LogP contribution < -0.4 is 5.32 Å². The highest BCUT2D eigenvalue weighted by atomic mass is 14.9. The topological polar surface area (TPSA) is 12.0 Å². The van der Waals surface area contributed by atoms with Crippen LogP contribution in [0.1, 0.15) is 54.4 Å². The van der Waals surface area contributed by atoms with Gasteiger partial charge in [0.25, 0.3) is 0 Å². The Balaban J connectivity index is 4.13. The highest BCUT2D eigenvalue weighted by Gasteiger charge is 2.19. The molecule has 0 aliphatic heterocycles. The van der Waals surface area contributed by atoms with Crippen molar-refractivity contribution < 1.29 is 0 Å². The Labute approximate surface area is 90.0 Å². The lowest BCUT2D eigenvalue weighted by molar-refractivity contribution is 0.375. The molecular weight excluding hydrogens is 170 g/mol. The Bertz CT molecular complexity index is 180. The highest BCUT2D eigenvalue weighted by Crippen LogP contribution is 2.25. The van der Waals surface area contributed by atoms with Crippen LogP contribution in [0.4, 0.5) is 0 Å². The van der Waals surface area contributed by atoms with Crippen LogP contribution in [0.5, 0.6) is 0 Å². The lowest BCUT2D eigenvalue weighted by Crippen LogP contribution is -2.35. The summed E-state index contributed by atoms with van der Waals surface area (Å²) in [6.45, 7) is 14.6. The van der Waals surface area contributed by atoms with Gasteiger partial charge in [-0.1, -0.05) is 39.3 Å². The zero-order valence-corrected chi connectivity index (χ0v) is 10.8. The third kappa shape index (κ3) is 4.80. The summed E-state index contributed by atoms with van der Waals surface area (Å²) in [6.07, 6.45) is 4.67. The first kappa shape index (κ1) is 13.7. The predicted octanol–water partition coefficient (Wildman–Crippen LogP) is 3.76. The molecule has 0 fully saturated rings. The molecule has 0 saturated carbocycles. The average molecular weight is 197 g/mol. The van der Waals surface area contributed by atoms with Crippen LogP contribution in [0.15, 0.2) is 11.6 Å². The van der Waals surface area contributed by atoms with Crippen molar-refractivity contribution in [3.63, 3.8) is 0 Å². The standard InChI is InChI=1S/C13H27N/c1-7-9-11(3)13(5,6)10-14-12(4)8-2/h9,12,14H,7-8,10H2,1-6H3/b11-9+. The van der Waals surface area contributed by atoms with Crippen molar-refractivity contribution in [2.45, 2.75) is 60.4 Å². The van der Waals surface area contributed by atoms with Gasteiger partial charge in [0.15, 0.2) is 0 Å². The van der Waals surface area contributed by atoms with E-state index in [-0.39, 0.29) is 0 Å². The largest absolute Gasteiger partial charge is 0.313 e. The van der Waals surface area contributed by atoms with Crippen LogP contribution in [-0.4, -0.2) is 12.6 Å². The van der Waals surface area contributed by atoms with E-state index < -0.39 is 0 Å². The van der Waals surface area contributed by atoms with Crippen LogP contribution in [0.25, 0.3) is 0 Å². The fraction of sp³-hybridized carbons (Fsp3) is 0.846. The molecule has 1 unspecified atom stereocenters. The second-order valence-electron chi connectivity index (χ2n) is 4.87. The van der Waals surface area contributed by atoms with E-state index in [0.29, 0.717) is 11.5 Å². The molecule has 0 rings (SSSR count). The van der Waals surface area contributed by atoms with E-state index in [1.54, 1.807) is 0 Å². The second-order valence-corrected chi connectivity index (χ2v) is 4.87. The Morgan fingerprint density at radius 1 is 1.36 bits per heavy atom. The molecule has 0 radical (unpaired) electrons. The summed E-state index contributed by atoms with van der Waals surface area (Å²) in [6, 6.07) is 0.628. The number of hydrogen-bond acceptors (Lipinski definition) is 1. The number of hydrogen-bond donors (Lipinski definition) is 1. The van der Waals surface area contributed by atoms with Crippen molar-refractivity contribution >= 4 is 0 Å². The first-order chi connectivity index (χ1) is 6.44. The summed E-state index contributed by atoms with van der Waals surface area (Å²) in [4.78, 5) is 0. The van der Waals surface area contributed by atoms with E-state index in [0.717, 1.165) is 13.0 Å². The molecule has 1 atom stereocenters. The van der Waals surface area contributed by atoms with E-state index in [4.69, 9.17) is 0 Å². The minimum atomic E-state index is 0.291. The number of rotatable bonds is 6.